The molecule has 0 aliphatic heterocycles. The fourth-order valence-electron chi connectivity index (χ4n) is 1.60. The van der Waals surface area contributed by atoms with Gasteiger partial charge >= 0.3 is 0 Å². The molecule has 4 nitrogen and oxygen atoms in total. The second-order valence-corrected chi connectivity index (χ2v) is 6.83. The highest BCUT2D eigenvalue weighted by Crippen LogP contribution is 2.22. The van der Waals surface area contributed by atoms with Gasteiger partial charge in [-0.25, -0.2) is 12.8 Å². The van der Waals surface area contributed by atoms with Crippen molar-refractivity contribution in [3.63, 3.8) is 0 Å². The first-order valence-corrected chi connectivity index (χ1v) is 7.70. The lowest BCUT2D eigenvalue weighted by Crippen LogP contribution is -2.08. The zero-order valence-electron chi connectivity index (χ0n) is 9.68. The van der Waals surface area contributed by atoms with E-state index in [0.29, 0.717) is 10.0 Å². The van der Waals surface area contributed by atoms with Crippen LogP contribution in [-0.4, -0.2) is 13.4 Å². The molecule has 0 fully saturated rings. The Hall–Kier alpha value is -1.47. The number of benzene rings is 1. The van der Waals surface area contributed by atoms with E-state index < -0.39 is 15.7 Å². The first-order chi connectivity index (χ1) is 8.88. The number of pyridine rings is 1. The van der Waals surface area contributed by atoms with E-state index in [0.717, 1.165) is 6.07 Å². The van der Waals surface area contributed by atoms with E-state index in [9.17, 15) is 12.8 Å². The lowest BCUT2D eigenvalue weighted by molar-refractivity contribution is 0.567. The molecule has 100 valence electrons. The molecule has 7 heteroatoms. The van der Waals surface area contributed by atoms with Crippen molar-refractivity contribution in [3.8, 4) is 0 Å². The quantitative estimate of drug-likeness (QED) is 0.868. The standard InChI is InChI=1S/C12H10BrFN2O2S/c13-9-3-8(5-16-6-9)7-19(17,18)12-2-1-10(15)4-11(12)14/h1-6H,7,15H2. The Balaban J connectivity index is 2.38. The summed E-state index contributed by atoms with van der Waals surface area (Å²) in [4.78, 5) is 3.51. The predicted octanol–water partition coefficient (Wildman–Crippen LogP) is 2.54. The van der Waals surface area contributed by atoms with Crippen LogP contribution in [-0.2, 0) is 15.6 Å². The van der Waals surface area contributed by atoms with Gasteiger partial charge in [-0.1, -0.05) is 0 Å². The summed E-state index contributed by atoms with van der Waals surface area (Å²) in [5, 5.41) is 0. The average molecular weight is 345 g/mol. The van der Waals surface area contributed by atoms with E-state index in [1.54, 1.807) is 12.3 Å². The maximum absolute atomic E-state index is 13.6. The molecule has 0 spiro atoms. The number of anilines is 1. The summed E-state index contributed by atoms with van der Waals surface area (Å²) in [5.74, 6) is -1.16. The number of nitrogens with zero attached hydrogens (tertiary/aromatic N) is 1. The second kappa shape index (κ2) is 5.26. The van der Waals surface area contributed by atoms with Gasteiger partial charge in [0.2, 0.25) is 0 Å². The number of sulfone groups is 1. The lowest BCUT2D eigenvalue weighted by atomic mass is 10.3. The van der Waals surface area contributed by atoms with Crippen molar-refractivity contribution in [2.24, 2.45) is 0 Å². The normalized spacial score (nSPS) is 11.5. The maximum Gasteiger partial charge on any atom is 0.185 e. The Labute approximate surface area is 118 Å². The summed E-state index contributed by atoms with van der Waals surface area (Å²) in [6, 6.07) is 5.15. The van der Waals surface area contributed by atoms with Crippen molar-refractivity contribution in [2.75, 3.05) is 5.73 Å². The van der Waals surface area contributed by atoms with Gasteiger partial charge in [-0.2, -0.15) is 0 Å². The number of hydrogen-bond donors (Lipinski definition) is 1. The molecule has 2 N–H and O–H groups in total. The number of hydrogen-bond acceptors (Lipinski definition) is 4. The van der Waals surface area contributed by atoms with Gasteiger partial charge in [0.25, 0.3) is 0 Å². The van der Waals surface area contributed by atoms with E-state index in [1.165, 1.54) is 18.3 Å². The highest BCUT2D eigenvalue weighted by atomic mass is 79.9. The van der Waals surface area contributed by atoms with Crippen LogP contribution in [0.25, 0.3) is 0 Å². The van der Waals surface area contributed by atoms with E-state index in [1.807, 2.05) is 0 Å². The first kappa shape index (κ1) is 14.0. The van der Waals surface area contributed by atoms with Crippen LogP contribution in [0.3, 0.4) is 0 Å². The minimum absolute atomic E-state index is 0.181. The van der Waals surface area contributed by atoms with Gasteiger partial charge < -0.3 is 5.73 Å². The highest BCUT2D eigenvalue weighted by Gasteiger charge is 2.20. The summed E-state index contributed by atoms with van der Waals surface area (Å²) in [5.41, 5.74) is 6.05. The molecule has 0 aliphatic carbocycles. The third-order valence-corrected chi connectivity index (χ3v) is 4.56. The first-order valence-electron chi connectivity index (χ1n) is 5.26. The van der Waals surface area contributed by atoms with E-state index in [4.69, 9.17) is 5.73 Å². The minimum atomic E-state index is -3.77. The summed E-state index contributed by atoms with van der Waals surface area (Å²) < 4.78 is 38.6. The van der Waals surface area contributed by atoms with Gasteiger partial charge in [0.05, 0.1) is 5.75 Å². The molecule has 2 rings (SSSR count). The summed E-state index contributed by atoms with van der Waals surface area (Å²) in [7, 11) is -3.77. The zero-order chi connectivity index (χ0) is 14.0. The summed E-state index contributed by atoms with van der Waals surface area (Å²) in [6.45, 7) is 0. The molecule has 0 aliphatic rings. The zero-order valence-corrected chi connectivity index (χ0v) is 12.1. The molecule has 1 heterocycles. The number of halogens is 2. The van der Waals surface area contributed by atoms with Crippen LogP contribution in [0, 0.1) is 5.82 Å². The molecule has 0 saturated carbocycles. The molecule has 0 saturated heterocycles. The molecule has 0 bridgehead atoms. The van der Waals surface area contributed by atoms with E-state index >= 15 is 0 Å². The number of aromatic nitrogens is 1. The maximum atomic E-state index is 13.6. The minimum Gasteiger partial charge on any atom is -0.399 e. The van der Waals surface area contributed by atoms with Crippen LogP contribution in [0.4, 0.5) is 10.1 Å². The Morgan fingerprint density at radius 3 is 2.63 bits per heavy atom. The third-order valence-electron chi connectivity index (χ3n) is 2.41. The fourth-order valence-corrected chi connectivity index (χ4v) is 3.40. The Bertz CT molecular complexity index is 719. The van der Waals surface area contributed by atoms with Gasteiger partial charge in [-0.3, -0.25) is 4.98 Å². The smallest absolute Gasteiger partial charge is 0.185 e. The van der Waals surface area contributed by atoms with Crippen molar-refractivity contribution in [3.05, 3.63) is 52.5 Å². The summed E-state index contributed by atoms with van der Waals surface area (Å²) in [6.07, 6.45) is 2.97. The Morgan fingerprint density at radius 1 is 1.26 bits per heavy atom. The van der Waals surface area contributed by atoms with Gasteiger partial charge in [0.1, 0.15) is 10.7 Å². The van der Waals surface area contributed by atoms with Gasteiger partial charge in [0, 0.05) is 22.6 Å². The number of nitrogens with two attached hydrogens (primary N) is 1. The van der Waals surface area contributed by atoms with E-state index in [-0.39, 0.29) is 16.3 Å². The highest BCUT2D eigenvalue weighted by molar-refractivity contribution is 9.10. The molecule has 0 amide bonds. The predicted molar refractivity (Wildman–Crippen MR) is 73.6 cm³/mol. The fraction of sp³-hybridized carbons (Fsp3) is 0.0833. The van der Waals surface area contributed by atoms with Crippen molar-refractivity contribution < 1.29 is 12.8 Å². The number of nitrogen functional groups attached to an aromatic ring is 1. The van der Waals surface area contributed by atoms with Gasteiger partial charge in [0.15, 0.2) is 9.84 Å². The molecule has 0 radical (unpaired) electrons. The molecular weight excluding hydrogens is 335 g/mol. The molecule has 2 aromatic rings. The van der Waals surface area contributed by atoms with Crippen LogP contribution < -0.4 is 5.73 Å². The summed E-state index contributed by atoms with van der Waals surface area (Å²) >= 11 is 3.20. The van der Waals surface area contributed by atoms with Gasteiger partial charge in [-0.05, 0) is 45.8 Å². The molecular formula is C12H10BrFN2O2S. The average Bonchev–Trinajstić information content (AvgIpc) is 2.27. The third kappa shape index (κ3) is 3.30. The molecule has 19 heavy (non-hydrogen) atoms. The monoisotopic (exact) mass is 344 g/mol. The van der Waals surface area contributed by atoms with Gasteiger partial charge in [-0.15, -0.1) is 0 Å². The van der Waals surface area contributed by atoms with Crippen molar-refractivity contribution in [1.29, 1.82) is 0 Å². The lowest BCUT2D eigenvalue weighted by Gasteiger charge is -2.06. The largest absolute Gasteiger partial charge is 0.399 e. The van der Waals surface area contributed by atoms with Crippen molar-refractivity contribution in [2.45, 2.75) is 10.6 Å². The topological polar surface area (TPSA) is 73.1 Å². The molecule has 1 aromatic carbocycles. The Morgan fingerprint density at radius 2 is 2.00 bits per heavy atom. The Kier molecular flexibility index (Phi) is 3.86. The number of rotatable bonds is 3. The SMILES string of the molecule is Nc1ccc(S(=O)(=O)Cc2cncc(Br)c2)c(F)c1. The molecule has 0 unspecified atom stereocenters. The van der Waals surface area contributed by atoms with Crippen LogP contribution >= 0.6 is 15.9 Å². The van der Waals surface area contributed by atoms with Crippen molar-refractivity contribution >= 4 is 31.5 Å². The van der Waals surface area contributed by atoms with Crippen LogP contribution in [0.1, 0.15) is 5.56 Å². The van der Waals surface area contributed by atoms with Crippen LogP contribution in [0.2, 0.25) is 0 Å². The van der Waals surface area contributed by atoms with E-state index in [2.05, 4.69) is 20.9 Å². The molecule has 1 aromatic heterocycles. The van der Waals surface area contributed by atoms with Crippen LogP contribution in [0.15, 0.2) is 46.0 Å². The van der Waals surface area contributed by atoms with Crippen LogP contribution in [0.5, 0.6) is 0 Å². The molecule has 0 atom stereocenters. The van der Waals surface area contributed by atoms with Crippen molar-refractivity contribution in [1.82, 2.24) is 4.98 Å². The second-order valence-electron chi connectivity index (χ2n) is 3.96.